The van der Waals surface area contributed by atoms with Gasteiger partial charge < -0.3 is 10.5 Å². The molecule has 23 heavy (non-hydrogen) atoms. The predicted octanol–water partition coefficient (Wildman–Crippen LogP) is 5.27. The lowest BCUT2D eigenvalue weighted by Crippen LogP contribution is -2.34. The van der Waals surface area contributed by atoms with Gasteiger partial charge in [0.25, 0.3) is 0 Å². The van der Waals surface area contributed by atoms with E-state index in [2.05, 4.69) is 0 Å². The minimum absolute atomic E-state index is 0.0785. The van der Waals surface area contributed by atoms with Crippen molar-refractivity contribution in [3.63, 3.8) is 0 Å². The molecule has 124 valence electrons. The van der Waals surface area contributed by atoms with Crippen molar-refractivity contribution in [2.24, 2.45) is 0 Å². The van der Waals surface area contributed by atoms with Crippen LogP contribution in [0.4, 0.5) is 32.0 Å². The van der Waals surface area contributed by atoms with Gasteiger partial charge in [0.1, 0.15) is 11.5 Å². The molecule has 0 aliphatic carbocycles. The summed E-state index contributed by atoms with van der Waals surface area (Å²) in [4.78, 5) is 0. The highest BCUT2D eigenvalue weighted by atomic mass is 19.4. The number of benzene rings is 2. The van der Waals surface area contributed by atoms with Crippen LogP contribution in [0.2, 0.25) is 0 Å². The molecule has 0 saturated heterocycles. The fraction of sp³-hybridized carbons (Fsp3) is 0.200. The van der Waals surface area contributed by atoms with Gasteiger partial charge in [-0.3, -0.25) is 0 Å². The van der Waals surface area contributed by atoms with Crippen molar-refractivity contribution in [2.75, 3.05) is 5.73 Å². The molecule has 0 heterocycles. The molecular weight excluding hydrogens is 324 g/mol. The number of rotatable bonds is 3. The van der Waals surface area contributed by atoms with Crippen LogP contribution in [0.5, 0.6) is 11.5 Å². The number of para-hydroxylation sites is 1. The lowest BCUT2D eigenvalue weighted by Gasteiger charge is -2.25. The zero-order valence-electron chi connectivity index (χ0n) is 11.4. The van der Waals surface area contributed by atoms with Gasteiger partial charge in [0.05, 0.1) is 0 Å². The van der Waals surface area contributed by atoms with Crippen molar-refractivity contribution in [1.29, 1.82) is 0 Å². The Balaban J connectivity index is 2.45. The topological polar surface area (TPSA) is 35.2 Å². The van der Waals surface area contributed by atoms with Gasteiger partial charge in [-0.25, -0.2) is 0 Å². The second kappa shape index (κ2) is 6.02. The van der Waals surface area contributed by atoms with E-state index in [1.54, 1.807) is 0 Å². The molecule has 0 bridgehead atoms. The number of nitrogens with two attached hydrogens (primary N) is 1. The van der Waals surface area contributed by atoms with Gasteiger partial charge >= 0.3 is 12.4 Å². The standard InChI is InChI=1S/C15H11F6NO/c16-14(17,18)13(15(19,20)21)11-3-1-2-4-12(11)23-10-7-5-9(22)6-8-10/h1-8,13H,22H2. The van der Waals surface area contributed by atoms with E-state index >= 15 is 0 Å². The van der Waals surface area contributed by atoms with E-state index in [9.17, 15) is 26.3 Å². The van der Waals surface area contributed by atoms with E-state index in [0.717, 1.165) is 18.2 Å². The Morgan fingerprint density at radius 1 is 0.783 bits per heavy atom. The molecule has 2 N–H and O–H groups in total. The van der Waals surface area contributed by atoms with Gasteiger partial charge in [-0.1, -0.05) is 18.2 Å². The lowest BCUT2D eigenvalue weighted by atomic mass is 9.97. The predicted molar refractivity (Wildman–Crippen MR) is 72.2 cm³/mol. The first-order valence-electron chi connectivity index (χ1n) is 6.35. The largest absolute Gasteiger partial charge is 0.457 e. The third-order valence-corrected chi connectivity index (χ3v) is 2.99. The van der Waals surface area contributed by atoms with Crippen LogP contribution in [0, 0.1) is 0 Å². The van der Waals surface area contributed by atoms with E-state index in [-0.39, 0.29) is 5.75 Å². The quantitative estimate of drug-likeness (QED) is 0.613. The molecule has 8 heteroatoms. The lowest BCUT2D eigenvalue weighted by molar-refractivity contribution is -0.253. The van der Waals surface area contributed by atoms with E-state index in [4.69, 9.17) is 10.5 Å². The van der Waals surface area contributed by atoms with Crippen molar-refractivity contribution >= 4 is 5.69 Å². The number of ether oxygens (including phenoxy) is 1. The third kappa shape index (κ3) is 4.08. The molecule has 0 spiro atoms. The first kappa shape index (κ1) is 17.0. The average Bonchev–Trinajstić information content (AvgIpc) is 2.40. The maximum atomic E-state index is 12.9. The summed E-state index contributed by atoms with van der Waals surface area (Å²) in [5.74, 6) is -4.06. The second-order valence-electron chi connectivity index (χ2n) is 4.73. The number of hydrogen-bond acceptors (Lipinski definition) is 2. The fourth-order valence-electron chi connectivity index (χ4n) is 2.01. The summed E-state index contributed by atoms with van der Waals surface area (Å²) in [7, 11) is 0. The highest BCUT2D eigenvalue weighted by Gasteiger charge is 2.58. The maximum Gasteiger partial charge on any atom is 0.404 e. The molecule has 0 amide bonds. The summed E-state index contributed by atoms with van der Waals surface area (Å²) in [6, 6.07) is 9.72. The molecule has 0 saturated carbocycles. The van der Waals surface area contributed by atoms with E-state index < -0.39 is 29.6 Å². The minimum atomic E-state index is -5.49. The summed E-state index contributed by atoms with van der Waals surface area (Å²) in [6.45, 7) is 0. The van der Waals surface area contributed by atoms with Crippen molar-refractivity contribution in [2.45, 2.75) is 18.3 Å². The van der Waals surface area contributed by atoms with Crippen LogP contribution in [-0.2, 0) is 0 Å². The van der Waals surface area contributed by atoms with Gasteiger partial charge in [-0.15, -0.1) is 0 Å². The van der Waals surface area contributed by atoms with Gasteiger partial charge in [-0.05, 0) is 30.3 Å². The average molecular weight is 335 g/mol. The van der Waals surface area contributed by atoms with Crippen LogP contribution < -0.4 is 10.5 Å². The van der Waals surface area contributed by atoms with Crippen molar-refractivity contribution in [3.8, 4) is 11.5 Å². The van der Waals surface area contributed by atoms with Gasteiger partial charge in [0.15, 0.2) is 5.92 Å². The molecule has 0 atom stereocenters. The van der Waals surface area contributed by atoms with Crippen LogP contribution in [0.15, 0.2) is 48.5 Å². The normalized spacial score (nSPS) is 12.5. The zero-order chi connectivity index (χ0) is 17.3. The summed E-state index contributed by atoms with van der Waals surface area (Å²) >= 11 is 0. The Kier molecular flexibility index (Phi) is 4.44. The first-order valence-corrected chi connectivity index (χ1v) is 6.35. The number of anilines is 1. The maximum absolute atomic E-state index is 12.9. The Morgan fingerprint density at radius 2 is 1.30 bits per heavy atom. The summed E-state index contributed by atoms with van der Waals surface area (Å²) in [6.07, 6.45) is -11.0. The van der Waals surface area contributed by atoms with Crippen LogP contribution in [0.3, 0.4) is 0 Å². The second-order valence-corrected chi connectivity index (χ2v) is 4.73. The number of nitrogen functional groups attached to an aromatic ring is 1. The Bertz CT molecular complexity index is 649. The molecule has 0 aromatic heterocycles. The van der Waals surface area contributed by atoms with Crippen LogP contribution in [-0.4, -0.2) is 12.4 Å². The smallest absolute Gasteiger partial charge is 0.404 e. The highest BCUT2D eigenvalue weighted by molar-refractivity contribution is 5.45. The van der Waals surface area contributed by atoms with Crippen molar-refractivity contribution < 1.29 is 31.1 Å². The zero-order valence-corrected chi connectivity index (χ0v) is 11.4. The molecule has 0 aliphatic heterocycles. The molecule has 2 aromatic carbocycles. The summed E-state index contributed by atoms with van der Waals surface area (Å²) in [5.41, 5.74) is 4.85. The molecule has 2 rings (SSSR count). The minimum Gasteiger partial charge on any atom is -0.457 e. The molecule has 2 aromatic rings. The molecule has 0 radical (unpaired) electrons. The summed E-state index contributed by atoms with van der Waals surface area (Å²) < 4.78 is 82.5. The fourth-order valence-corrected chi connectivity index (χ4v) is 2.01. The van der Waals surface area contributed by atoms with Crippen molar-refractivity contribution in [3.05, 3.63) is 54.1 Å². The molecule has 0 aliphatic rings. The highest BCUT2D eigenvalue weighted by Crippen LogP contribution is 2.49. The van der Waals surface area contributed by atoms with Crippen LogP contribution >= 0.6 is 0 Å². The molecular formula is C15H11F6NO. The first-order chi connectivity index (χ1) is 10.6. The van der Waals surface area contributed by atoms with Gasteiger partial charge in [0, 0.05) is 11.3 Å². The molecule has 0 unspecified atom stereocenters. The van der Waals surface area contributed by atoms with Gasteiger partial charge in [-0.2, -0.15) is 26.3 Å². The Morgan fingerprint density at radius 3 is 1.83 bits per heavy atom. The van der Waals surface area contributed by atoms with Gasteiger partial charge in [0.2, 0.25) is 0 Å². The molecule has 0 fully saturated rings. The van der Waals surface area contributed by atoms with E-state index in [1.165, 1.54) is 30.3 Å². The number of hydrogen-bond donors (Lipinski definition) is 1. The van der Waals surface area contributed by atoms with Crippen molar-refractivity contribution in [1.82, 2.24) is 0 Å². The SMILES string of the molecule is Nc1ccc(Oc2ccccc2C(C(F)(F)F)C(F)(F)F)cc1. The Hall–Kier alpha value is -2.38. The monoisotopic (exact) mass is 335 g/mol. The summed E-state index contributed by atoms with van der Waals surface area (Å²) in [5, 5.41) is 0. The van der Waals surface area contributed by atoms with E-state index in [1.807, 2.05) is 0 Å². The Labute approximate surface area is 127 Å². The number of halogens is 6. The van der Waals surface area contributed by atoms with E-state index in [0.29, 0.717) is 5.69 Å². The third-order valence-electron chi connectivity index (χ3n) is 2.99. The van der Waals surface area contributed by atoms with Crippen LogP contribution in [0.25, 0.3) is 0 Å². The molecule has 2 nitrogen and oxygen atoms in total. The number of alkyl halides is 6. The van der Waals surface area contributed by atoms with Crippen LogP contribution in [0.1, 0.15) is 11.5 Å².